The van der Waals surface area contributed by atoms with Crippen LogP contribution in [0.25, 0.3) is 11.1 Å². The van der Waals surface area contributed by atoms with E-state index in [9.17, 15) is 14.4 Å². The van der Waals surface area contributed by atoms with Crippen molar-refractivity contribution < 1.29 is 18.8 Å². The largest absolute Gasteiger partial charge is 0.741 e. The molecule has 0 aliphatic rings. The Morgan fingerprint density at radius 3 is 1.69 bits per heavy atom. The molecule has 0 saturated heterocycles. The molecule has 36 heavy (non-hydrogen) atoms. The molecule has 202 valence electrons. The molecule has 0 atom stereocenters. The minimum Gasteiger partial charge on any atom is -0.480 e. The Labute approximate surface area is 221 Å². The Hall–Kier alpha value is -1.66. The fourth-order valence-electron chi connectivity index (χ4n) is 5.12. The van der Waals surface area contributed by atoms with Crippen LogP contribution in [0.5, 0.6) is 5.75 Å². The average molecular weight is 515 g/mol. The second-order valence-electron chi connectivity index (χ2n) is 10.3. The molecule has 0 bridgehead atoms. The van der Waals surface area contributed by atoms with Gasteiger partial charge < -0.3 is 18.8 Å². The number of rotatable bonds is 19. The van der Waals surface area contributed by atoms with Gasteiger partial charge in [0.2, 0.25) is 0 Å². The Bertz CT molecular complexity index is 861. The molecule has 0 radical (unpaired) electrons. The molecule has 0 aromatic heterocycles. The molecule has 0 fully saturated rings. The summed E-state index contributed by atoms with van der Waals surface area (Å²) in [4.78, 5) is 29.6. The van der Waals surface area contributed by atoms with Gasteiger partial charge in [0.1, 0.15) is 5.75 Å². The molecule has 5 heteroatoms. The summed E-state index contributed by atoms with van der Waals surface area (Å²) in [5, 5.41) is 0. The molecule has 3 N–H and O–H groups in total. The number of hydrogen-bond acceptors (Lipinski definition) is 4. The van der Waals surface area contributed by atoms with Crippen LogP contribution in [0.2, 0.25) is 0 Å². The van der Waals surface area contributed by atoms with E-state index in [1.165, 1.54) is 93.7 Å². The summed E-state index contributed by atoms with van der Waals surface area (Å²) in [6, 6.07) is 11.9. The zero-order valence-electron chi connectivity index (χ0n) is 23.0. The maximum atomic E-state index is 9.86. The quantitative estimate of drug-likeness (QED) is 0.131. The predicted octanol–water partition coefficient (Wildman–Crippen LogP) is 8.04. The predicted molar refractivity (Wildman–Crippen MR) is 153 cm³/mol. The van der Waals surface area contributed by atoms with Crippen LogP contribution in [0.1, 0.15) is 120 Å². The van der Waals surface area contributed by atoms with Crippen molar-refractivity contribution in [2.45, 2.75) is 124 Å². The minimum absolute atomic E-state index is 0.391. The van der Waals surface area contributed by atoms with Gasteiger partial charge >= 0.3 is 9.05 Å². The maximum Gasteiger partial charge on any atom is 0.741 e. The van der Waals surface area contributed by atoms with Crippen LogP contribution in [0.4, 0.5) is 0 Å². The van der Waals surface area contributed by atoms with E-state index in [4.69, 9.17) is 4.43 Å². The van der Waals surface area contributed by atoms with Gasteiger partial charge in [0, 0.05) is 5.56 Å². The van der Waals surface area contributed by atoms with Crippen molar-refractivity contribution in [1.82, 2.24) is 0 Å². The lowest BCUT2D eigenvalue weighted by atomic mass is 9.87. The lowest BCUT2D eigenvalue weighted by Crippen LogP contribution is -2.42. The highest BCUT2D eigenvalue weighted by molar-refractivity contribution is 6.49. The summed E-state index contributed by atoms with van der Waals surface area (Å²) in [7, 11) is -4.74. The van der Waals surface area contributed by atoms with Crippen molar-refractivity contribution >= 4 is 9.05 Å². The maximum absolute atomic E-state index is 9.86. The third kappa shape index (κ3) is 11.2. The number of benzene rings is 2. The van der Waals surface area contributed by atoms with Gasteiger partial charge in [-0.15, -0.1) is 0 Å². The Morgan fingerprint density at radius 1 is 0.667 bits per heavy atom. The van der Waals surface area contributed by atoms with Crippen LogP contribution >= 0.6 is 0 Å². The highest BCUT2D eigenvalue weighted by atomic mass is 28.4. The molecule has 4 nitrogen and oxygen atoms in total. The molecule has 0 amide bonds. The first-order valence-electron chi connectivity index (χ1n) is 14.4. The van der Waals surface area contributed by atoms with E-state index < -0.39 is 9.05 Å². The molecular weight excluding hydrogens is 464 g/mol. The molecule has 0 spiro atoms. The van der Waals surface area contributed by atoms with Crippen LogP contribution < -0.4 is 4.43 Å². The van der Waals surface area contributed by atoms with E-state index in [2.05, 4.69) is 20.8 Å². The first kappa shape index (κ1) is 30.6. The number of aryl methyl sites for hydroxylation is 1. The van der Waals surface area contributed by atoms with E-state index in [0.29, 0.717) is 5.75 Å². The van der Waals surface area contributed by atoms with E-state index in [1.54, 1.807) is 0 Å². The third-order valence-electron chi connectivity index (χ3n) is 7.18. The second-order valence-corrected chi connectivity index (χ2v) is 11.6. The fraction of sp³-hybridized carbons (Fsp3) is 0.613. The van der Waals surface area contributed by atoms with Crippen LogP contribution in [0.15, 0.2) is 36.4 Å². The molecule has 0 heterocycles. The van der Waals surface area contributed by atoms with Crippen molar-refractivity contribution in [3.8, 4) is 16.9 Å². The Balaban J connectivity index is 2.26. The van der Waals surface area contributed by atoms with Gasteiger partial charge in [-0.1, -0.05) is 121 Å². The lowest BCUT2D eigenvalue weighted by Gasteiger charge is -2.23. The standard InChI is InChI=1S/C31H50O4Si/c1-4-6-8-10-12-14-17-23-28-25-30(35-36(32,33)34)31(27-21-18-16-19-22-27)29(26(28)3)24-20-15-13-11-9-7-5-2/h16,18-19,21-22,25,32-34H,4-15,17,20,23-24H2,1-3H3. The van der Waals surface area contributed by atoms with E-state index >= 15 is 0 Å². The summed E-state index contributed by atoms with van der Waals surface area (Å²) in [5.41, 5.74) is 5.54. The van der Waals surface area contributed by atoms with Crippen LogP contribution in [-0.2, 0) is 12.8 Å². The smallest absolute Gasteiger partial charge is 0.480 e. The topological polar surface area (TPSA) is 69.9 Å². The first-order chi connectivity index (χ1) is 17.4. The van der Waals surface area contributed by atoms with Crippen molar-refractivity contribution in [2.24, 2.45) is 0 Å². The first-order valence-corrected chi connectivity index (χ1v) is 16.2. The molecule has 2 rings (SSSR count). The van der Waals surface area contributed by atoms with Gasteiger partial charge in [-0.25, -0.2) is 0 Å². The van der Waals surface area contributed by atoms with E-state index in [-0.39, 0.29) is 0 Å². The zero-order valence-corrected chi connectivity index (χ0v) is 24.0. The molecule has 0 saturated carbocycles. The highest BCUT2D eigenvalue weighted by Crippen LogP contribution is 2.39. The van der Waals surface area contributed by atoms with Gasteiger partial charge in [-0.2, -0.15) is 0 Å². The Kier molecular flexibility index (Phi) is 14.4. The third-order valence-corrected chi connectivity index (χ3v) is 7.67. The van der Waals surface area contributed by atoms with Gasteiger partial charge in [-0.05, 0) is 60.9 Å². The van der Waals surface area contributed by atoms with Crippen LogP contribution in [-0.4, -0.2) is 23.4 Å². The van der Waals surface area contributed by atoms with Crippen molar-refractivity contribution in [3.63, 3.8) is 0 Å². The summed E-state index contributed by atoms with van der Waals surface area (Å²) in [5.74, 6) is 0.391. The van der Waals surface area contributed by atoms with E-state index in [0.717, 1.165) is 36.8 Å². The molecule has 0 aliphatic carbocycles. The van der Waals surface area contributed by atoms with Crippen LogP contribution in [0, 0.1) is 6.92 Å². The Morgan fingerprint density at radius 2 is 1.17 bits per heavy atom. The van der Waals surface area contributed by atoms with E-state index in [1.807, 2.05) is 36.4 Å². The zero-order chi connectivity index (χ0) is 26.2. The number of hydrogen-bond donors (Lipinski definition) is 3. The summed E-state index contributed by atoms with van der Waals surface area (Å²) >= 11 is 0. The molecule has 2 aromatic carbocycles. The minimum atomic E-state index is -4.74. The lowest BCUT2D eigenvalue weighted by molar-refractivity contribution is 0.128. The molecule has 2 aromatic rings. The molecular formula is C31H50O4Si. The SMILES string of the molecule is CCCCCCCCCc1cc(O[Si](O)(O)O)c(-c2ccccc2)c(CCCCCCCCC)c1C. The summed E-state index contributed by atoms with van der Waals surface area (Å²) in [6.07, 6.45) is 19.3. The summed E-state index contributed by atoms with van der Waals surface area (Å²) in [6.45, 7) is 6.69. The van der Waals surface area contributed by atoms with Crippen molar-refractivity contribution in [3.05, 3.63) is 53.1 Å². The van der Waals surface area contributed by atoms with Crippen molar-refractivity contribution in [1.29, 1.82) is 0 Å². The fourth-order valence-corrected chi connectivity index (χ4v) is 5.58. The van der Waals surface area contributed by atoms with Gasteiger partial charge in [0.25, 0.3) is 0 Å². The highest BCUT2D eigenvalue weighted by Gasteiger charge is 2.35. The normalized spacial score (nSPS) is 11.7. The van der Waals surface area contributed by atoms with Crippen LogP contribution in [0.3, 0.4) is 0 Å². The molecule has 0 unspecified atom stereocenters. The van der Waals surface area contributed by atoms with Gasteiger partial charge in [-0.3, -0.25) is 0 Å². The van der Waals surface area contributed by atoms with Gasteiger partial charge in [0.05, 0.1) is 0 Å². The van der Waals surface area contributed by atoms with Crippen molar-refractivity contribution in [2.75, 3.05) is 0 Å². The van der Waals surface area contributed by atoms with Gasteiger partial charge in [0.15, 0.2) is 0 Å². The monoisotopic (exact) mass is 514 g/mol. The number of unbranched alkanes of at least 4 members (excludes halogenated alkanes) is 12. The average Bonchev–Trinajstić information content (AvgIpc) is 2.84. The molecule has 0 aliphatic heterocycles. The second kappa shape index (κ2) is 17.0. The summed E-state index contributed by atoms with van der Waals surface area (Å²) < 4.78 is 5.47.